The maximum Gasteiger partial charge on any atom is 0.328 e. The lowest BCUT2D eigenvalue weighted by Crippen LogP contribution is -2.33. The van der Waals surface area contributed by atoms with Crippen LogP contribution in [0.15, 0.2) is 59.2 Å². The minimum Gasteiger partial charge on any atom is -0.493 e. The molecule has 0 atom stereocenters. The van der Waals surface area contributed by atoms with Gasteiger partial charge in [-0.25, -0.2) is 19.2 Å². The molecule has 1 aliphatic heterocycles. The van der Waals surface area contributed by atoms with E-state index >= 15 is 0 Å². The lowest BCUT2D eigenvalue weighted by Gasteiger charge is -2.31. The molecule has 3 heterocycles. The number of piperidine rings is 1. The molecule has 1 saturated carbocycles. The first-order valence-corrected chi connectivity index (χ1v) is 16.4. The van der Waals surface area contributed by atoms with Crippen LogP contribution >= 0.6 is 0 Å². The molecule has 2 aliphatic rings. The zero-order valence-corrected chi connectivity index (χ0v) is 28.7. The molecule has 50 heavy (non-hydrogen) atoms. The van der Waals surface area contributed by atoms with Gasteiger partial charge in [0, 0.05) is 48.5 Å². The fourth-order valence-corrected chi connectivity index (χ4v) is 5.34. The number of aromatic nitrogens is 2. The second kappa shape index (κ2) is 19.8. The number of carbonyl (C=O) groups is 4. The van der Waals surface area contributed by atoms with Gasteiger partial charge in [0.15, 0.2) is 5.58 Å². The van der Waals surface area contributed by atoms with E-state index in [0.29, 0.717) is 24.3 Å². The van der Waals surface area contributed by atoms with E-state index in [2.05, 4.69) is 71.3 Å². The van der Waals surface area contributed by atoms with Gasteiger partial charge < -0.3 is 34.6 Å². The van der Waals surface area contributed by atoms with E-state index in [1.165, 1.54) is 37.8 Å². The summed E-state index contributed by atoms with van der Waals surface area (Å²) >= 11 is 0. The molecule has 1 aliphatic carbocycles. The summed E-state index contributed by atoms with van der Waals surface area (Å²) in [6, 6.07) is 10.6. The molecule has 3 aromatic rings. The predicted molar refractivity (Wildman–Crippen MR) is 184 cm³/mol. The van der Waals surface area contributed by atoms with Crippen LogP contribution in [0.25, 0.3) is 11.0 Å². The quantitative estimate of drug-likeness (QED) is 0.170. The molecule has 0 spiro atoms. The number of fused-ring (bicyclic) bond motifs is 1. The van der Waals surface area contributed by atoms with Crippen molar-refractivity contribution >= 4 is 34.8 Å². The standard InChI is InChI=1S/C28H38N4O2.2C4H4O4/c1-20-5-4-6-23(29-20)17-32-15-13-21(14-16-32)9-11-26-24-10-12-27(33-19-22-7-8-22)25(18-31(2)3)28(24)34-30-26;2*5-3(6)1-2-4(7)8/h4-6,10,12,21-22H,7-9,11,13-19H2,1-3H3;2*1-2H,(H,5,6)(H,7,8). The number of aliphatic carboxylic acids is 4. The van der Waals surface area contributed by atoms with Crippen molar-refractivity contribution in [3.8, 4) is 5.75 Å². The lowest BCUT2D eigenvalue weighted by atomic mass is 9.91. The highest BCUT2D eigenvalue weighted by atomic mass is 16.5. The number of benzene rings is 1. The summed E-state index contributed by atoms with van der Waals surface area (Å²) in [5.74, 6) is -2.60. The number of aryl methyl sites for hydroxylation is 2. The fraction of sp³-hybridized carbons (Fsp3) is 0.444. The maximum atomic E-state index is 9.55. The van der Waals surface area contributed by atoms with E-state index in [1.54, 1.807) is 0 Å². The molecule has 14 heteroatoms. The molecule has 0 amide bonds. The van der Waals surface area contributed by atoms with Crippen molar-refractivity contribution < 1.29 is 48.9 Å². The maximum absolute atomic E-state index is 9.55. The van der Waals surface area contributed by atoms with E-state index in [1.807, 2.05) is 0 Å². The molecule has 0 radical (unpaired) electrons. The number of carboxylic acid groups (broad SMARTS) is 4. The van der Waals surface area contributed by atoms with Crippen LogP contribution in [0.2, 0.25) is 0 Å². The van der Waals surface area contributed by atoms with Gasteiger partial charge in [-0.2, -0.15) is 0 Å². The van der Waals surface area contributed by atoms with Crippen LogP contribution in [0.1, 0.15) is 54.7 Å². The molecule has 5 rings (SSSR count). The number of likely N-dealkylation sites (tertiary alicyclic amines) is 1. The monoisotopic (exact) mass is 694 g/mol. The highest BCUT2D eigenvalue weighted by Crippen LogP contribution is 2.35. The Labute approximate surface area is 290 Å². The molecule has 270 valence electrons. The zero-order chi connectivity index (χ0) is 36.6. The van der Waals surface area contributed by atoms with Gasteiger partial charge in [0.2, 0.25) is 0 Å². The third-order valence-corrected chi connectivity index (χ3v) is 7.99. The molecule has 4 N–H and O–H groups in total. The Morgan fingerprint density at radius 3 is 2.00 bits per heavy atom. The first-order valence-electron chi connectivity index (χ1n) is 16.4. The normalized spacial score (nSPS) is 15.0. The van der Waals surface area contributed by atoms with Gasteiger partial charge in [-0.3, -0.25) is 9.88 Å². The molecular formula is C36H46N4O10. The van der Waals surface area contributed by atoms with Crippen LogP contribution in [0.4, 0.5) is 0 Å². The molecule has 1 saturated heterocycles. The molecule has 0 bridgehead atoms. The van der Waals surface area contributed by atoms with Gasteiger partial charge in [-0.05, 0) is 109 Å². The topological polar surface area (TPSA) is 204 Å². The van der Waals surface area contributed by atoms with Crippen molar-refractivity contribution in [1.29, 1.82) is 0 Å². The van der Waals surface area contributed by atoms with Crippen LogP contribution in [0.3, 0.4) is 0 Å². The van der Waals surface area contributed by atoms with Gasteiger partial charge in [0.1, 0.15) is 5.75 Å². The summed E-state index contributed by atoms with van der Waals surface area (Å²) in [4.78, 5) is 47.6. The van der Waals surface area contributed by atoms with Crippen molar-refractivity contribution in [2.24, 2.45) is 11.8 Å². The number of carboxylic acids is 4. The molecule has 0 unspecified atom stereocenters. The number of nitrogens with zero attached hydrogens (tertiary/aromatic N) is 4. The second-order valence-corrected chi connectivity index (χ2v) is 12.6. The number of pyridine rings is 1. The fourth-order valence-electron chi connectivity index (χ4n) is 5.34. The Hall–Kier alpha value is -5.08. The highest BCUT2D eigenvalue weighted by molar-refractivity contribution is 5.90. The van der Waals surface area contributed by atoms with Crippen LogP contribution < -0.4 is 4.74 Å². The number of rotatable bonds is 14. The van der Waals surface area contributed by atoms with E-state index in [9.17, 15) is 19.2 Å². The molecule has 2 aromatic heterocycles. The second-order valence-electron chi connectivity index (χ2n) is 12.6. The van der Waals surface area contributed by atoms with Gasteiger partial charge >= 0.3 is 23.9 Å². The van der Waals surface area contributed by atoms with Crippen LogP contribution in [0, 0.1) is 18.8 Å². The highest BCUT2D eigenvalue weighted by Gasteiger charge is 2.25. The van der Waals surface area contributed by atoms with E-state index in [0.717, 1.165) is 84.7 Å². The Balaban J connectivity index is 0.000000352. The van der Waals surface area contributed by atoms with Crippen molar-refractivity contribution in [3.63, 3.8) is 0 Å². The van der Waals surface area contributed by atoms with Crippen molar-refractivity contribution in [3.05, 3.63) is 77.3 Å². The number of ether oxygens (including phenoxy) is 1. The molecular weight excluding hydrogens is 648 g/mol. The average molecular weight is 695 g/mol. The first-order chi connectivity index (χ1) is 23.8. The van der Waals surface area contributed by atoms with Crippen LogP contribution in [-0.2, 0) is 38.7 Å². The first kappa shape index (κ1) is 39.4. The van der Waals surface area contributed by atoms with Crippen molar-refractivity contribution in [1.82, 2.24) is 19.9 Å². The molecule has 2 fully saturated rings. The third kappa shape index (κ3) is 14.6. The van der Waals surface area contributed by atoms with Gasteiger partial charge in [0.25, 0.3) is 0 Å². The Bertz CT molecular complexity index is 1590. The van der Waals surface area contributed by atoms with Crippen molar-refractivity contribution in [2.75, 3.05) is 33.8 Å². The van der Waals surface area contributed by atoms with Crippen LogP contribution in [0.5, 0.6) is 5.75 Å². The Kier molecular flexibility index (Phi) is 15.6. The SMILES string of the molecule is Cc1cccc(CN2CCC(CCc3noc4c(CN(C)C)c(OCC5CC5)ccc34)CC2)n1.O=C(O)C=CC(=O)O.O=C(O)C=CC(=O)O. The minimum atomic E-state index is -1.26. The number of hydrogen-bond donors (Lipinski definition) is 4. The summed E-state index contributed by atoms with van der Waals surface area (Å²) in [6.07, 6.45) is 9.44. The Morgan fingerprint density at radius 2 is 1.48 bits per heavy atom. The summed E-state index contributed by atoms with van der Waals surface area (Å²) < 4.78 is 12.1. The summed E-state index contributed by atoms with van der Waals surface area (Å²) in [6.45, 7) is 6.92. The van der Waals surface area contributed by atoms with Crippen LogP contribution in [-0.4, -0.2) is 98.0 Å². The predicted octanol–water partition coefficient (Wildman–Crippen LogP) is 4.65. The number of hydrogen-bond acceptors (Lipinski definition) is 10. The lowest BCUT2D eigenvalue weighted by molar-refractivity contribution is -0.134. The van der Waals surface area contributed by atoms with E-state index in [-0.39, 0.29) is 0 Å². The molecule has 14 nitrogen and oxygen atoms in total. The largest absolute Gasteiger partial charge is 0.493 e. The molecule has 1 aromatic carbocycles. The van der Waals surface area contributed by atoms with Crippen molar-refractivity contribution in [2.45, 2.75) is 58.5 Å². The zero-order valence-electron chi connectivity index (χ0n) is 28.7. The smallest absolute Gasteiger partial charge is 0.328 e. The van der Waals surface area contributed by atoms with Gasteiger partial charge in [-0.15, -0.1) is 0 Å². The Morgan fingerprint density at radius 1 is 0.880 bits per heavy atom. The minimum absolute atomic E-state index is 0.558. The third-order valence-electron chi connectivity index (χ3n) is 7.99. The van der Waals surface area contributed by atoms with Gasteiger partial charge in [-0.1, -0.05) is 11.2 Å². The van der Waals surface area contributed by atoms with E-state index < -0.39 is 23.9 Å². The summed E-state index contributed by atoms with van der Waals surface area (Å²) in [7, 11) is 4.17. The average Bonchev–Trinajstić information content (AvgIpc) is 3.80. The summed E-state index contributed by atoms with van der Waals surface area (Å²) in [5, 5.41) is 36.9. The van der Waals surface area contributed by atoms with E-state index in [4.69, 9.17) is 29.7 Å². The van der Waals surface area contributed by atoms with Gasteiger partial charge in [0.05, 0.1) is 23.6 Å². The summed E-state index contributed by atoms with van der Waals surface area (Å²) in [5.41, 5.74) is 5.40.